The first-order valence-corrected chi connectivity index (χ1v) is 6.95. The molecule has 0 radical (unpaired) electrons. The number of thioether (sulfide) groups is 1. The van der Waals surface area contributed by atoms with E-state index in [0.717, 1.165) is 5.56 Å². The predicted octanol–water partition coefficient (Wildman–Crippen LogP) is 4.28. The number of aromatic nitrogens is 1. The minimum atomic E-state index is -1.10. The van der Waals surface area contributed by atoms with Crippen molar-refractivity contribution in [3.8, 4) is 0 Å². The van der Waals surface area contributed by atoms with Crippen molar-refractivity contribution in [1.29, 1.82) is 0 Å². The summed E-state index contributed by atoms with van der Waals surface area (Å²) in [6.45, 7) is 7.08. The standard InChI is InChI=1S/C14H9ClN2O2S/c1-16-11-6-7-12(14(18)19)17-13(11)20-8-9-2-4-10(15)5-3-9/h2-7H,8H2,(H,18,19). The molecule has 4 nitrogen and oxygen atoms in total. The molecule has 0 spiro atoms. The van der Waals surface area contributed by atoms with E-state index in [1.165, 1.54) is 23.9 Å². The second-order valence-electron chi connectivity index (χ2n) is 3.85. The van der Waals surface area contributed by atoms with E-state index < -0.39 is 5.97 Å². The zero-order valence-electron chi connectivity index (χ0n) is 10.2. The van der Waals surface area contributed by atoms with Crippen LogP contribution in [0.5, 0.6) is 0 Å². The first kappa shape index (κ1) is 14.4. The van der Waals surface area contributed by atoms with Crippen LogP contribution < -0.4 is 0 Å². The lowest BCUT2D eigenvalue weighted by Crippen LogP contribution is -2.00. The molecule has 2 rings (SSSR count). The fourth-order valence-electron chi connectivity index (χ4n) is 1.48. The maximum atomic E-state index is 10.9. The van der Waals surface area contributed by atoms with Crippen LogP contribution in [0.15, 0.2) is 41.4 Å². The van der Waals surface area contributed by atoms with Crippen molar-refractivity contribution < 1.29 is 9.90 Å². The van der Waals surface area contributed by atoms with Gasteiger partial charge in [-0.25, -0.2) is 14.6 Å². The third kappa shape index (κ3) is 3.50. The van der Waals surface area contributed by atoms with Gasteiger partial charge in [0.05, 0.1) is 6.57 Å². The quantitative estimate of drug-likeness (QED) is 0.677. The largest absolute Gasteiger partial charge is 0.477 e. The molecule has 0 fully saturated rings. The Bertz CT molecular complexity index is 681. The summed E-state index contributed by atoms with van der Waals surface area (Å²) in [4.78, 5) is 18.2. The van der Waals surface area contributed by atoms with E-state index in [1.54, 1.807) is 12.1 Å². The van der Waals surface area contributed by atoms with Gasteiger partial charge < -0.3 is 5.11 Å². The van der Waals surface area contributed by atoms with Gasteiger partial charge in [0.1, 0.15) is 10.7 Å². The van der Waals surface area contributed by atoms with Gasteiger partial charge in [0.2, 0.25) is 5.69 Å². The van der Waals surface area contributed by atoms with Gasteiger partial charge in [-0.3, -0.25) is 0 Å². The molecule has 0 bridgehead atoms. The van der Waals surface area contributed by atoms with Crippen LogP contribution in [0.4, 0.5) is 5.69 Å². The fraction of sp³-hybridized carbons (Fsp3) is 0.0714. The maximum Gasteiger partial charge on any atom is 0.354 e. The van der Waals surface area contributed by atoms with Crippen LogP contribution in [-0.2, 0) is 5.75 Å². The molecule has 6 heteroatoms. The van der Waals surface area contributed by atoms with Crippen LogP contribution in [0.2, 0.25) is 5.02 Å². The molecular formula is C14H9ClN2O2S. The van der Waals surface area contributed by atoms with Gasteiger partial charge in [-0.15, -0.1) is 11.8 Å². The Morgan fingerprint density at radius 3 is 2.60 bits per heavy atom. The molecule has 1 heterocycles. The van der Waals surface area contributed by atoms with E-state index in [1.807, 2.05) is 12.1 Å². The van der Waals surface area contributed by atoms with Gasteiger partial charge >= 0.3 is 5.97 Å². The number of rotatable bonds is 4. The Morgan fingerprint density at radius 2 is 2.00 bits per heavy atom. The number of halogens is 1. The van der Waals surface area contributed by atoms with Gasteiger partial charge in [-0.1, -0.05) is 29.8 Å². The van der Waals surface area contributed by atoms with Crippen LogP contribution in [0.25, 0.3) is 4.85 Å². The molecule has 0 aliphatic rings. The Hall–Kier alpha value is -2.03. The highest BCUT2D eigenvalue weighted by Crippen LogP contribution is 2.30. The van der Waals surface area contributed by atoms with Crippen molar-refractivity contribution >= 4 is 35.0 Å². The van der Waals surface area contributed by atoms with Crippen LogP contribution in [0, 0.1) is 6.57 Å². The Morgan fingerprint density at radius 1 is 1.30 bits per heavy atom. The molecule has 0 saturated heterocycles. The molecule has 0 unspecified atom stereocenters. The lowest BCUT2D eigenvalue weighted by molar-refractivity contribution is 0.0690. The highest BCUT2D eigenvalue weighted by Gasteiger charge is 2.11. The molecular weight excluding hydrogens is 296 g/mol. The van der Waals surface area contributed by atoms with Crippen molar-refractivity contribution in [1.82, 2.24) is 4.98 Å². The summed E-state index contributed by atoms with van der Waals surface area (Å²) < 4.78 is 0. The minimum absolute atomic E-state index is 0.0593. The van der Waals surface area contributed by atoms with Gasteiger partial charge in [0.15, 0.2) is 0 Å². The van der Waals surface area contributed by atoms with Gasteiger partial charge in [-0.2, -0.15) is 0 Å². The zero-order chi connectivity index (χ0) is 14.5. The maximum absolute atomic E-state index is 10.9. The van der Waals surface area contributed by atoms with Crippen molar-refractivity contribution in [2.75, 3.05) is 0 Å². The lowest BCUT2D eigenvalue weighted by Gasteiger charge is -2.05. The number of carbonyl (C=O) groups is 1. The smallest absolute Gasteiger partial charge is 0.354 e. The Balaban J connectivity index is 2.19. The Kier molecular flexibility index (Phi) is 4.61. The van der Waals surface area contributed by atoms with Crippen molar-refractivity contribution in [3.05, 3.63) is 64.1 Å². The molecule has 0 amide bonds. The van der Waals surface area contributed by atoms with E-state index in [-0.39, 0.29) is 5.69 Å². The third-order valence-electron chi connectivity index (χ3n) is 2.47. The van der Waals surface area contributed by atoms with Crippen LogP contribution in [0.3, 0.4) is 0 Å². The molecule has 0 atom stereocenters. The number of hydrogen-bond donors (Lipinski definition) is 1. The second-order valence-corrected chi connectivity index (χ2v) is 5.25. The first-order valence-electron chi connectivity index (χ1n) is 5.59. The summed E-state index contributed by atoms with van der Waals surface area (Å²) in [5.74, 6) is -0.509. The van der Waals surface area contributed by atoms with E-state index in [9.17, 15) is 4.79 Å². The molecule has 1 aromatic carbocycles. The summed E-state index contributed by atoms with van der Waals surface area (Å²) >= 11 is 7.14. The molecule has 20 heavy (non-hydrogen) atoms. The van der Waals surface area contributed by atoms with Crippen molar-refractivity contribution in [2.45, 2.75) is 10.8 Å². The summed E-state index contributed by atoms with van der Waals surface area (Å²) in [5.41, 5.74) is 1.32. The van der Waals surface area contributed by atoms with E-state index in [4.69, 9.17) is 23.3 Å². The number of aromatic carboxylic acids is 1. The lowest BCUT2D eigenvalue weighted by atomic mass is 10.2. The van der Waals surface area contributed by atoms with Crippen molar-refractivity contribution in [3.63, 3.8) is 0 Å². The topological polar surface area (TPSA) is 54.5 Å². The Labute approximate surface area is 125 Å². The van der Waals surface area contributed by atoms with Gasteiger partial charge in [0.25, 0.3) is 0 Å². The van der Waals surface area contributed by atoms with E-state index in [2.05, 4.69) is 9.83 Å². The van der Waals surface area contributed by atoms with Crippen LogP contribution in [0.1, 0.15) is 16.1 Å². The van der Waals surface area contributed by atoms with Crippen LogP contribution in [-0.4, -0.2) is 16.1 Å². The number of carboxylic acids is 1. The first-order chi connectivity index (χ1) is 9.60. The average Bonchev–Trinajstić information content (AvgIpc) is 2.46. The average molecular weight is 305 g/mol. The summed E-state index contributed by atoms with van der Waals surface area (Å²) in [7, 11) is 0. The number of hydrogen-bond acceptors (Lipinski definition) is 3. The number of carboxylic acid groups (broad SMARTS) is 1. The minimum Gasteiger partial charge on any atom is -0.477 e. The van der Waals surface area contributed by atoms with Crippen LogP contribution >= 0.6 is 23.4 Å². The molecule has 1 aromatic heterocycles. The highest BCUT2D eigenvalue weighted by molar-refractivity contribution is 7.98. The summed E-state index contributed by atoms with van der Waals surface area (Å²) in [6.07, 6.45) is 0. The summed E-state index contributed by atoms with van der Waals surface area (Å²) in [5, 5.41) is 10.0. The number of nitrogens with zero attached hydrogens (tertiary/aromatic N) is 2. The highest BCUT2D eigenvalue weighted by atomic mass is 35.5. The van der Waals surface area contributed by atoms with Gasteiger partial charge in [-0.05, 0) is 23.8 Å². The number of pyridine rings is 1. The molecule has 100 valence electrons. The third-order valence-corrected chi connectivity index (χ3v) is 3.77. The fourth-order valence-corrected chi connectivity index (χ4v) is 2.52. The van der Waals surface area contributed by atoms with E-state index >= 15 is 0 Å². The zero-order valence-corrected chi connectivity index (χ0v) is 11.8. The number of benzene rings is 1. The monoisotopic (exact) mass is 304 g/mol. The molecule has 0 aliphatic carbocycles. The van der Waals surface area contributed by atoms with Crippen molar-refractivity contribution in [2.24, 2.45) is 0 Å². The normalized spacial score (nSPS) is 10.0. The second kappa shape index (κ2) is 6.42. The van der Waals surface area contributed by atoms with E-state index in [0.29, 0.717) is 21.5 Å². The summed E-state index contributed by atoms with van der Waals surface area (Å²) in [6, 6.07) is 10.2. The molecule has 2 aromatic rings. The predicted molar refractivity (Wildman–Crippen MR) is 78.5 cm³/mol. The van der Waals surface area contributed by atoms with Gasteiger partial charge in [0, 0.05) is 10.8 Å². The SMILES string of the molecule is [C-]#[N+]c1ccc(C(=O)O)nc1SCc1ccc(Cl)cc1. The molecule has 1 N–H and O–H groups in total. The molecule has 0 saturated carbocycles. The molecule has 0 aliphatic heterocycles.